The molecular weight excluding hydrogens is 238 g/mol. The molecule has 0 saturated carbocycles. The van der Waals surface area contributed by atoms with E-state index in [-0.39, 0.29) is 5.91 Å². The summed E-state index contributed by atoms with van der Waals surface area (Å²) in [5, 5.41) is 2.63. The summed E-state index contributed by atoms with van der Waals surface area (Å²) >= 11 is 0. The third-order valence-electron chi connectivity index (χ3n) is 3.07. The van der Waals surface area contributed by atoms with Crippen molar-refractivity contribution < 1.29 is 4.79 Å². The van der Waals surface area contributed by atoms with Crippen molar-refractivity contribution in [2.24, 2.45) is 0 Å². The standard InChI is InChI=1S/C15H13N3O/c1-16-15(19)11-5-4-6-12(9-11)18-10-17-13-7-2-3-8-14(13)18/h2-10H,1H3,(H,16,19). The molecule has 19 heavy (non-hydrogen) atoms. The molecule has 94 valence electrons. The minimum atomic E-state index is -0.0914. The van der Waals surface area contributed by atoms with Crippen LogP contribution in [-0.4, -0.2) is 22.5 Å². The zero-order chi connectivity index (χ0) is 13.2. The Kier molecular flexibility index (Phi) is 2.76. The molecule has 3 aromatic rings. The molecular formula is C15H13N3O. The predicted octanol–water partition coefficient (Wildman–Crippen LogP) is 2.39. The van der Waals surface area contributed by atoms with Gasteiger partial charge in [0, 0.05) is 18.3 Å². The normalized spacial score (nSPS) is 10.6. The maximum absolute atomic E-state index is 11.7. The van der Waals surface area contributed by atoms with E-state index in [4.69, 9.17) is 0 Å². The van der Waals surface area contributed by atoms with Crippen LogP contribution in [0.15, 0.2) is 54.9 Å². The minimum absolute atomic E-state index is 0.0914. The molecule has 1 amide bonds. The minimum Gasteiger partial charge on any atom is -0.355 e. The molecule has 0 saturated heterocycles. The Bertz CT molecular complexity index is 746. The molecule has 0 aliphatic carbocycles. The van der Waals surface area contributed by atoms with E-state index in [0.717, 1.165) is 16.7 Å². The molecule has 0 bridgehead atoms. The van der Waals surface area contributed by atoms with Gasteiger partial charge >= 0.3 is 0 Å². The molecule has 0 unspecified atom stereocenters. The predicted molar refractivity (Wildman–Crippen MR) is 74.5 cm³/mol. The highest BCUT2D eigenvalue weighted by Crippen LogP contribution is 2.18. The van der Waals surface area contributed by atoms with E-state index < -0.39 is 0 Å². The molecule has 0 radical (unpaired) electrons. The highest BCUT2D eigenvalue weighted by atomic mass is 16.1. The summed E-state index contributed by atoms with van der Waals surface area (Å²) in [5.74, 6) is -0.0914. The highest BCUT2D eigenvalue weighted by molar-refractivity contribution is 5.94. The lowest BCUT2D eigenvalue weighted by molar-refractivity contribution is 0.0963. The van der Waals surface area contributed by atoms with Crippen molar-refractivity contribution in [1.82, 2.24) is 14.9 Å². The Balaban J connectivity index is 2.14. The Labute approximate surface area is 110 Å². The largest absolute Gasteiger partial charge is 0.355 e. The number of rotatable bonds is 2. The Hall–Kier alpha value is -2.62. The van der Waals surface area contributed by atoms with E-state index in [9.17, 15) is 4.79 Å². The van der Waals surface area contributed by atoms with Gasteiger partial charge < -0.3 is 5.32 Å². The first kappa shape index (κ1) is 11.5. The topological polar surface area (TPSA) is 46.9 Å². The van der Waals surface area contributed by atoms with Crippen LogP contribution in [0.3, 0.4) is 0 Å². The van der Waals surface area contributed by atoms with Gasteiger partial charge in [-0.1, -0.05) is 18.2 Å². The number of carbonyl (C=O) groups excluding carboxylic acids is 1. The van der Waals surface area contributed by atoms with E-state index in [1.807, 2.05) is 47.0 Å². The number of imidazole rings is 1. The highest BCUT2D eigenvalue weighted by Gasteiger charge is 2.07. The second-order valence-electron chi connectivity index (χ2n) is 4.23. The lowest BCUT2D eigenvalue weighted by Gasteiger charge is -2.06. The van der Waals surface area contributed by atoms with Crippen molar-refractivity contribution in [3.63, 3.8) is 0 Å². The lowest BCUT2D eigenvalue weighted by atomic mass is 10.2. The third-order valence-corrected chi connectivity index (χ3v) is 3.07. The lowest BCUT2D eigenvalue weighted by Crippen LogP contribution is -2.17. The van der Waals surface area contributed by atoms with Crippen molar-refractivity contribution in [3.05, 3.63) is 60.4 Å². The quantitative estimate of drug-likeness (QED) is 0.760. The van der Waals surface area contributed by atoms with Gasteiger partial charge in [-0.2, -0.15) is 0 Å². The van der Waals surface area contributed by atoms with Crippen molar-refractivity contribution in [3.8, 4) is 5.69 Å². The van der Waals surface area contributed by atoms with Gasteiger partial charge in [-0.3, -0.25) is 9.36 Å². The summed E-state index contributed by atoms with van der Waals surface area (Å²) in [4.78, 5) is 16.0. The maximum Gasteiger partial charge on any atom is 0.251 e. The Morgan fingerprint density at radius 2 is 2.00 bits per heavy atom. The number of nitrogens with one attached hydrogen (secondary N) is 1. The first-order chi connectivity index (χ1) is 9.29. The number of para-hydroxylation sites is 2. The van der Waals surface area contributed by atoms with Gasteiger partial charge in [-0.15, -0.1) is 0 Å². The van der Waals surface area contributed by atoms with Crippen molar-refractivity contribution in [2.75, 3.05) is 7.05 Å². The van der Waals surface area contributed by atoms with E-state index in [0.29, 0.717) is 5.56 Å². The number of carbonyl (C=O) groups is 1. The number of fused-ring (bicyclic) bond motifs is 1. The van der Waals surface area contributed by atoms with Crippen LogP contribution in [0, 0.1) is 0 Å². The SMILES string of the molecule is CNC(=O)c1cccc(-n2cnc3ccccc32)c1. The zero-order valence-corrected chi connectivity index (χ0v) is 10.5. The fourth-order valence-electron chi connectivity index (χ4n) is 2.11. The van der Waals surface area contributed by atoms with Gasteiger partial charge in [0.15, 0.2) is 0 Å². The molecule has 4 heteroatoms. The maximum atomic E-state index is 11.7. The van der Waals surface area contributed by atoms with Crippen molar-refractivity contribution in [2.45, 2.75) is 0 Å². The van der Waals surface area contributed by atoms with Crippen LogP contribution in [0.25, 0.3) is 16.7 Å². The van der Waals surface area contributed by atoms with Crippen LogP contribution in [0.1, 0.15) is 10.4 Å². The molecule has 0 atom stereocenters. The van der Waals surface area contributed by atoms with Crippen LogP contribution in [-0.2, 0) is 0 Å². The summed E-state index contributed by atoms with van der Waals surface area (Å²) in [6, 6.07) is 15.4. The average Bonchev–Trinajstić information content (AvgIpc) is 2.90. The second-order valence-corrected chi connectivity index (χ2v) is 4.23. The van der Waals surface area contributed by atoms with Crippen LogP contribution in [0.2, 0.25) is 0 Å². The van der Waals surface area contributed by atoms with Crippen LogP contribution < -0.4 is 5.32 Å². The van der Waals surface area contributed by atoms with Gasteiger partial charge in [0.05, 0.1) is 11.0 Å². The van der Waals surface area contributed by atoms with E-state index in [1.54, 1.807) is 19.4 Å². The fraction of sp³-hybridized carbons (Fsp3) is 0.0667. The summed E-state index contributed by atoms with van der Waals surface area (Å²) < 4.78 is 1.97. The van der Waals surface area contributed by atoms with Gasteiger partial charge in [-0.05, 0) is 30.3 Å². The molecule has 3 rings (SSSR count). The summed E-state index contributed by atoms with van der Waals surface area (Å²) in [7, 11) is 1.63. The van der Waals surface area contributed by atoms with E-state index >= 15 is 0 Å². The van der Waals surface area contributed by atoms with Gasteiger partial charge in [0.25, 0.3) is 5.91 Å². The summed E-state index contributed by atoms with van der Waals surface area (Å²) in [5.41, 5.74) is 3.52. The molecule has 0 aliphatic rings. The van der Waals surface area contributed by atoms with Crippen molar-refractivity contribution in [1.29, 1.82) is 0 Å². The zero-order valence-electron chi connectivity index (χ0n) is 10.5. The molecule has 1 N–H and O–H groups in total. The van der Waals surface area contributed by atoms with E-state index in [1.165, 1.54) is 0 Å². The average molecular weight is 251 g/mol. The number of hydrogen-bond acceptors (Lipinski definition) is 2. The number of aromatic nitrogens is 2. The van der Waals surface area contributed by atoms with Gasteiger partial charge in [0.1, 0.15) is 6.33 Å². The molecule has 1 heterocycles. The first-order valence-electron chi connectivity index (χ1n) is 6.04. The van der Waals surface area contributed by atoms with Gasteiger partial charge in [-0.25, -0.2) is 4.98 Å². The summed E-state index contributed by atoms with van der Waals surface area (Å²) in [6.45, 7) is 0. The number of hydrogen-bond donors (Lipinski definition) is 1. The number of amides is 1. The molecule has 1 aromatic heterocycles. The Morgan fingerprint density at radius 1 is 1.16 bits per heavy atom. The Morgan fingerprint density at radius 3 is 2.84 bits per heavy atom. The first-order valence-corrected chi connectivity index (χ1v) is 6.04. The smallest absolute Gasteiger partial charge is 0.251 e. The number of benzene rings is 2. The molecule has 0 spiro atoms. The van der Waals surface area contributed by atoms with Gasteiger partial charge in [0.2, 0.25) is 0 Å². The molecule has 0 fully saturated rings. The second kappa shape index (κ2) is 4.57. The van der Waals surface area contributed by atoms with E-state index in [2.05, 4.69) is 10.3 Å². The van der Waals surface area contributed by atoms with Crippen LogP contribution in [0.4, 0.5) is 0 Å². The molecule has 4 nitrogen and oxygen atoms in total. The summed E-state index contributed by atoms with van der Waals surface area (Å²) in [6.07, 6.45) is 1.77. The van der Waals surface area contributed by atoms with Crippen LogP contribution >= 0.6 is 0 Å². The monoisotopic (exact) mass is 251 g/mol. The third kappa shape index (κ3) is 1.97. The van der Waals surface area contributed by atoms with Crippen LogP contribution in [0.5, 0.6) is 0 Å². The molecule has 0 aliphatic heterocycles. The number of nitrogens with zero attached hydrogens (tertiary/aromatic N) is 2. The molecule has 2 aromatic carbocycles. The van der Waals surface area contributed by atoms with Crippen molar-refractivity contribution >= 4 is 16.9 Å². The fourth-order valence-corrected chi connectivity index (χ4v) is 2.11.